The van der Waals surface area contributed by atoms with Crippen LogP contribution in [0.25, 0.3) is 28.6 Å². The molecule has 7 nitrogen and oxygen atoms in total. The highest BCUT2D eigenvalue weighted by Gasteiger charge is 2.24. The fraction of sp³-hybridized carbons (Fsp3) is 0.152. The Balaban J connectivity index is 1.44. The van der Waals surface area contributed by atoms with Crippen LogP contribution in [0, 0.1) is 0 Å². The van der Waals surface area contributed by atoms with Gasteiger partial charge in [0.2, 0.25) is 0 Å². The van der Waals surface area contributed by atoms with Gasteiger partial charge >= 0.3 is 11.9 Å². The van der Waals surface area contributed by atoms with E-state index in [9.17, 15) is 9.59 Å². The van der Waals surface area contributed by atoms with Gasteiger partial charge in [0, 0.05) is 12.4 Å². The second-order valence-electron chi connectivity index (χ2n) is 9.13. The summed E-state index contributed by atoms with van der Waals surface area (Å²) in [7, 11) is 0. The van der Waals surface area contributed by atoms with E-state index in [1.807, 2.05) is 30.3 Å². The van der Waals surface area contributed by atoms with Gasteiger partial charge in [0.05, 0.1) is 47.5 Å². The van der Waals surface area contributed by atoms with E-state index in [2.05, 4.69) is 51.7 Å². The molecule has 0 bridgehead atoms. The number of nitrogens with zero attached hydrogens (tertiary/aromatic N) is 2. The third-order valence-electron chi connectivity index (χ3n) is 6.38. The number of dihydropyridines is 1. The molecule has 40 heavy (non-hydrogen) atoms. The van der Waals surface area contributed by atoms with Crippen LogP contribution < -0.4 is 5.32 Å². The van der Waals surface area contributed by atoms with Gasteiger partial charge in [0.25, 0.3) is 0 Å². The first-order valence-corrected chi connectivity index (χ1v) is 13.2. The van der Waals surface area contributed by atoms with Crippen molar-refractivity contribution >= 4 is 40.6 Å². The number of carbonyl (C=O) groups is 2. The molecule has 2 aromatic heterocycles. The SMILES string of the molecule is CCOC(=O)C1=CC(c2cc(C(=O)OCC)ccn2)NC(c2cc(/C=C/c3ccc4ccccc4c3)ccn2)=C1. The monoisotopic (exact) mass is 531 g/mol. The molecule has 0 saturated carbocycles. The van der Waals surface area contributed by atoms with E-state index in [0.29, 0.717) is 28.2 Å². The average molecular weight is 532 g/mol. The predicted octanol–water partition coefficient (Wildman–Crippen LogP) is 6.15. The largest absolute Gasteiger partial charge is 0.462 e. The molecule has 0 radical (unpaired) electrons. The van der Waals surface area contributed by atoms with Crippen LogP contribution in [-0.4, -0.2) is 35.1 Å². The molecule has 1 atom stereocenters. The highest BCUT2D eigenvalue weighted by atomic mass is 16.5. The minimum absolute atomic E-state index is 0.251. The summed E-state index contributed by atoms with van der Waals surface area (Å²) in [6.07, 6.45) is 10.8. The number of nitrogens with one attached hydrogen (secondary N) is 1. The quantitative estimate of drug-likeness (QED) is 0.273. The summed E-state index contributed by atoms with van der Waals surface area (Å²) < 4.78 is 10.4. The number of pyridine rings is 2. The Morgan fingerprint density at radius 3 is 2.35 bits per heavy atom. The number of esters is 2. The second-order valence-corrected chi connectivity index (χ2v) is 9.13. The van der Waals surface area contributed by atoms with Crippen LogP contribution in [0.4, 0.5) is 0 Å². The van der Waals surface area contributed by atoms with Crippen molar-refractivity contribution in [3.63, 3.8) is 0 Å². The summed E-state index contributed by atoms with van der Waals surface area (Å²) in [4.78, 5) is 34.1. The molecule has 0 spiro atoms. The lowest BCUT2D eigenvalue weighted by molar-refractivity contribution is -0.138. The molecule has 1 N–H and O–H groups in total. The van der Waals surface area contributed by atoms with Crippen LogP contribution in [0.3, 0.4) is 0 Å². The van der Waals surface area contributed by atoms with E-state index in [1.165, 1.54) is 10.8 Å². The minimum atomic E-state index is -0.493. The van der Waals surface area contributed by atoms with Gasteiger partial charge in [-0.2, -0.15) is 0 Å². The summed E-state index contributed by atoms with van der Waals surface area (Å²) in [5, 5.41) is 5.79. The Bertz CT molecular complexity index is 1650. The lowest BCUT2D eigenvalue weighted by Crippen LogP contribution is -2.25. The van der Waals surface area contributed by atoms with E-state index in [4.69, 9.17) is 9.47 Å². The first kappa shape index (κ1) is 26.6. The molecule has 1 aliphatic heterocycles. The molecular weight excluding hydrogens is 502 g/mol. The van der Waals surface area contributed by atoms with Crippen LogP contribution in [0.5, 0.6) is 0 Å². The van der Waals surface area contributed by atoms with Crippen molar-refractivity contribution in [1.29, 1.82) is 0 Å². The minimum Gasteiger partial charge on any atom is -0.462 e. The van der Waals surface area contributed by atoms with Crippen LogP contribution in [0.1, 0.15) is 52.8 Å². The van der Waals surface area contributed by atoms with Crippen molar-refractivity contribution in [2.24, 2.45) is 0 Å². The zero-order chi connectivity index (χ0) is 27.9. The molecule has 5 rings (SSSR count). The number of carbonyl (C=O) groups excluding carboxylic acids is 2. The number of benzene rings is 2. The number of fused-ring (bicyclic) bond motifs is 1. The zero-order valence-corrected chi connectivity index (χ0v) is 22.3. The van der Waals surface area contributed by atoms with Gasteiger partial charge in [-0.3, -0.25) is 9.97 Å². The number of hydrogen-bond acceptors (Lipinski definition) is 7. The van der Waals surface area contributed by atoms with Gasteiger partial charge < -0.3 is 14.8 Å². The lowest BCUT2D eigenvalue weighted by atomic mass is 10.00. The van der Waals surface area contributed by atoms with Gasteiger partial charge in [-0.05, 0) is 78.2 Å². The van der Waals surface area contributed by atoms with E-state index in [-0.39, 0.29) is 13.2 Å². The number of hydrogen-bond donors (Lipinski definition) is 1. The molecule has 1 aliphatic rings. The van der Waals surface area contributed by atoms with Gasteiger partial charge in [-0.25, -0.2) is 9.59 Å². The Morgan fingerprint density at radius 1 is 0.825 bits per heavy atom. The molecule has 3 heterocycles. The Labute approximate surface area is 232 Å². The van der Waals surface area contributed by atoms with Gasteiger partial charge in [0.1, 0.15) is 0 Å². The lowest BCUT2D eigenvalue weighted by Gasteiger charge is -2.24. The average Bonchev–Trinajstić information content (AvgIpc) is 3.00. The standard InChI is InChI=1S/C33H29N3O4/c1-3-39-32(37)26-14-16-35-29(19-26)31-21-27(33(38)40-4-2)20-30(36-31)28-18-23(13-15-34-28)10-9-22-11-12-24-7-5-6-8-25(24)17-22/h5-21,31,36H,3-4H2,1-2H3/b10-9+. The van der Waals surface area contributed by atoms with E-state index >= 15 is 0 Å². The highest BCUT2D eigenvalue weighted by Crippen LogP contribution is 2.27. The molecular formula is C33H29N3O4. The molecule has 2 aromatic carbocycles. The Hall–Kier alpha value is -5.04. The fourth-order valence-electron chi connectivity index (χ4n) is 4.44. The van der Waals surface area contributed by atoms with Crippen LogP contribution in [0.2, 0.25) is 0 Å². The molecule has 0 saturated heterocycles. The molecule has 1 unspecified atom stereocenters. The maximum atomic E-state index is 12.7. The van der Waals surface area contributed by atoms with Gasteiger partial charge in [0.15, 0.2) is 0 Å². The summed E-state index contributed by atoms with van der Waals surface area (Å²) >= 11 is 0. The first-order chi connectivity index (χ1) is 19.5. The van der Waals surface area contributed by atoms with E-state index < -0.39 is 18.0 Å². The van der Waals surface area contributed by atoms with Crippen LogP contribution in [-0.2, 0) is 14.3 Å². The smallest absolute Gasteiger partial charge is 0.338 e. The summed E-state index contributed by atoms with van der Waals surface area (Å²) in [5.74, 6) is -0.875. The Kier molecular flexibility index (Phi) is 8.11. The molecule has 0 fully saturated rings. The third kappa shape index (κ3) is 6.15. The maximum absolute atomic E-state index is 12.7. The van der Waals surface area contributed by atoms with Gasteiger partial charge in [-0.15, -0.1) is 0 Å². The summed E-state index contributed by atoms with van der Waals surface area (Å²) in [5.41, 5.74) is 4.66. The maximum Gasteiger partial charge on any atom is 0.338 e. The molecule has 0 aliphatic carbocycles. The van der Waals surface area contributed by atoms with E-state index in [0.717, 1.165) is 11.1 Å². The molecule has 200 valence electrons. The fourth-order valence-corrected chi connectivity index (χ4v) is 4.44. The summed E-state index contributed by atoms with van der Waals surface area (Å²) in [6, 6.07) is 21.2. The normalized spacial score (nSPS) is 14.8. The van der Waals surface area contributed by atoms with Crippen molar-refractivity contribution < 1.29 is 19.1 Å². The van der Waals surface area contributed by atoms with E-state index in [1.54, 1.807) is 50.5 Å². The number of rotatable bonds is 8. The predicted molar refractivity (Wildman–Crippen MR) is 156 cm³/mol. The topological polar surface area (TPSA) is 90.4 Å². The van der Waals surface area contributed by atoms with Crippen LogP contribution in [0.15, 0.2) is 96.8 Å². The van der Waals surface area contributed by atoms with Crippen molar-refractivity contribution in [2.75, 3.05) is 13.2 Å². The van der Waals surface area contributed by atoms with Crippen LogP contribution >= 0.6 is 0 Å². The summed E-state index contributed by atoms with van der Waals surface area (Å²) in [6.45, 7) is 4.04. The van der Waals surface area contributed by atoms with Crippen molar-refractivity contribution in [1.82, 2.24) is 15.3 Å². The molecule has 0 amide bonds. The molecule has 7 heteroatoms. The molecule has 4 aromatic rings. The second kappa shape index (κ2) is 12.2. The number of aromatic nitrogens is 2. The third-order valence-corrected chi connectivity index (χ3v) is 6.38. The Morgan fingerprint density at radius 2 is 1.55 bits per heavy atom. The van der Waals surface area contributed by atoms with Crippen molar-refractivity contribution in [3.05, 3.63) is 125 Å². The van der Waals surface area contributed by atoms with Crippen molar-refractivity contribution in [2.45, 2.75) is 19.9 Å². The number of ether oxygens (including phenoxy) is 2. The van der Waals surface area contributed by atoms with Crippen molar-refractivity contribution in [3.8, 4) is 0 Å². The van der Waals surface area contributed by atoms with Gasteiger partial charge in [-0.1, -0.05) is 48.6 Å². The highest BCUT2D eigenvalue weighted by molar-refractivity contribution is 5.95. The first-order valence-electron chi connectivity index (χ1n) is 13.2. The zero-order valence-electron chi connectivity index (χ0n) is 22.3.